The molecule has 3 heterocycles. The van der Waals surface area contributed by atoms with E-state index in [1.54, 1.807) is 23.9 Å². The van der Waals surface area contributed by atoms with Crippen LogP contribution in [0.15, 0.2) is 60.7 Å². The highest BCUT2D eigenvalue weighted by Gasteiger charge is 2.79. The molecular formula is C27H19Cl3N2O2S. The van der Waals surface area contributed by atoms with Gasteiger partial charge in [-0.15, -0.1) is 11.8 Å². The third kappa shape index (κ3) is 2.61. The lowest BCUT2D eigenvalue weighted by molar-refractivity contribution is -0.130. The molecule has 0 aromatic heterocycles. The molecule has 1 amide bonds. The van der Waals surface area contributed by atoms with Crippen molar-refractivity contribution in [3.63, 3.8) is 0 Å². The number of nitrogens with zero attached hydrogens (tertiary/aromatic N) is 1. The van der Waals surface area contributed by atoms with E-state index in [0.29, 0.717) is 38.6 Å². The lowest BCUT2D eigenvalue weighted by Gasteiger charge is -2.44. The standard InChI is InChI=1S/C27H19Cl3N2O2S/c28-15-6-8-21-19(9-15)27(25(34)31-21)26(11-14-3-1-2-4-17(14)24(26)33)23(22-12-35-13-32(22)27)18-7-5-16(29)10-20(18)30/h1-10,22-23H,11-13H2,(H,31,34)/t22-,23-,26-,27-/m0/s1. The number of carbonyl (C=O) groups excluding carboxylic acids is 2. The Morgan fingerprint density at radius 2 is 1.74 bits per heavy atom. The first-order chi connectivity index (χ1) is 16.9. The van der Waals surface area contributed by atoms with E-state index in [1.807, 2.05) is 48.5 Å². The molecule has 3 aromatic rings. The molecule has 2 spiro atoms. The number of thioether (sulfide) groups is 1. The molecule has 3 aliphatic heterocycles. The van der Waals surface area contributed by atoms with Crippen molar-refractivity contribution < 1.29 is 9.59 Å². The zero-order valence-corrected chi connectivity index (χ0v) is 21.4. The molecule has 0 radical (unpaired) electrons. The van der Waals surface area contributed by atoms with Crippen LogP contribution in [-0.2, 0) is 16.8 Å². The number of hydrogen-bond acceptors (Lipinski definition) is 4. The zero-order valence-electron chi connectivity index (χ0n) is 18.4. The van der Waals surface area contributed by atoms with Crippen LogP contribution >= 0.6 is 46.6 Å². The van der Waals surface area contributed by atoms with E-state index in [4.69, 9.17) is 34.8 Å². The van der Waals surface area contributed by atoms with E-state index in [1.165, 1.54) is 0 Å². The number of ketones is 1. The molecule has 0 saturated carbocycles. The van der Waals surface area contributed by atoms with Crippen LogP contribution in [0.3, 0.4) is 0 Å². The number of carbonyl (C=O) groups is 2. The molecular weight excluding hydrogens is 523 g/mol. The molecule has 0 bridgehead atoms. The predicted molar refractivity (Wildman–Crippen MR) is 141 cm³/mol. The number of rotatable bonds is 1. The number of benzene rings is 3. The highest BCUT2D eigenvalue weighted by Crippen LogP contribution is 2.71. The number of halogens is 3. The summed E-state index contributed by atoms with van der Waals surface area (Å²) in [4.78, 5) is 31.2. The van der Waals surface area contributed by atoms with Gasteiger partial charge in [-0.25, -0.2) is 0 Å². The molecule has 4 nitrogen and oxygen atoms in total. The lowest BCUT2D eigenvalue weighted by Crippen LogP contribution is -2.58. The average Bonchev–Trinajstić information content (AvgIpc) is 3.54. The Balaban J connectivity index is 1.60. The fraction of sp³-hybridized carbons (Fsp3) is 0.259. The van der Waals surface area contributed by atoms with Gasteiger partial charge in [-0.3, -0.25) is 14.5 Å². The van der Waals surface area contributed by atoms with Gasteiger partial charge in [0, 0.05) is 55.5 Å². The highest BCUT2D eigenvalue weighted by atomic mass is 35.5. The van der Waals surface area contributed by atoms with E-state index in [9.17, 15) is 9.59 Å². The summed E-state index contributed by atoms with van der Waals surface area (Å²) in [5, 5.41) is 4.70. The average molecular weight is 542 g/mol. The summed E-state index contributed by atoms with van der Waals surface area (Å²) in [6, 6.07) is 18.6. The Labute approximate surface area is 221 Å². The van der Waals surface area contributed by atoms with Crippen molar-refractivity contribution in [2.24, 2.45) is 5.41 Å². The number of fused-ring (bicyclic) bond motifs is 6. The first-order valence-corrected chi connectivity index (χ1v) is 13.7. The SMILES string of the molecule is O=C1Nc2ccc(Cl)cc2[C@]12N1CSC[C@H]1[C@H](c1ccc(Cl)cc1Cl)[C@]21Cc2ccccc2C1=O. The zero-order chi connectivity index (χ0) is 24.1. The van der Waals surface area contributed by atoms with Crippen LogP contribution in [0.1, 0.15) is 33.0 Å². The van der Waals surface area contributed by atoms with Crippen LogP contribution in [0.2, 0.25) is 15.1 Å². The van der Waals surface area contributed by atoms with E-state index in [0.717, 1.165) is 22.4 Å². The Bertz CT molecular complexity index is 1460. The van der Waals surface area contributed by atoms with Gasteiger partial charge in [0.25, 0.3) is 5.91 Å². The van der Waals surface area contributed by atoms with Gasteiger partial charge in [0.1, 0.15) is 5.54 Å². The normalized spacial score (nSPS) is 30.7. The molecule has 1 aliphatic carbocycles. The third-order valence-corrected chi connectivity index (χ3v) is 10.1. The molecule has 176 valence electrons. The fourth-order valence-electron chi connectivity index (χ4n) is 7.16. The van der Waals surface area contributed by atoms with Gasteiger partial charge in [0.2, 0.25) is 0 Å². The number of amides is 1. The number of hydrogen-bond donors (Lipinski definition) is 1. The molecule has 1 N–H and O–H groups in total. The topological polar surface area (TPSA) is 49.4 Å². The van der Waals surface area contributed by atoms with Crippen molar-refractivity contribution in [2.75, 3.05) is 16.9 Å². The van der Waals surface area contributed by atoms with E-state index in [2.05, 4.69) is 10.2 Å². The van der Waals surface area contributed by atoms with Gasteiger partial charge in [-0.1, -0.05) is 65.1 Å². The summed E-state index contributed by atoms with van der Waals surface area (Å²) in [7, 11) is 0. The molecule has 4 aliphatic rings. The Hall–Kier alpha value is -2.02. The minimum absolute atomic E-state index is 0.00788. The van der Waals surface area contributed by atoms with Crippen LogP contribution in [0.5, 0.6) is 0 Å². The monoisotopic (exact) mass is 540 g/mol. The quantitative estimate of drug-likeness (QED) is 0.388. The van der Waals surface area contributed by atoms with Crippen molar-refractivity contribution in [3.05, 3.63) is 98.0 Å². The molecule has 7 rings (SSSR count). The summed E-state index contributed by atoms with van der Waals surface area (Å²) in [5.41, 5.74) is 1.69. The molecule has 0 unspecified atom stereocenters. The number of nitrogens with one attached hydrogen (secondary N) is 1. The number of Topliss-reactive ketones (excluding diaryl/α,β-unsaturated/α-hetero) is 1. The smallest absolute Gasteiger partial charge is 0.250 e. The maximum absolute atomic E-state index is 14.7. The summed E-state index contributed by atoms with van der Waals surface area (Å²) in [5.74, 6) is 0.942. The van der Waals surface area contributed by atoms with Gasteiger partial charge >= 0.3 is 0 Å². The molecule has 35 heavy (non-hydrogen) atoms. The van der Waals surface area contributed by atoms with Crippen LogP contribution in [0.4, 0.5) is 5.69 Å². The Kier molecular flexibility index (Phi) is 4.76. The van der Waals surface area contributed by atoms with Crippen molar-refractivity contribution in [1.29, 1.82) is 0 Å². The van der Waals surface area contributed by atoms with Crippen molar-refractivity contribution in [1.82, 2.24) is 4.90 Å². The fourth-order valence-corrected chi connectivity index (χ4v) is 9.16. The van der Waals surface area contributed by atoms with Gasteiger partial charge in [-0.05, 0) is 47.9 Å². The summed E-state index contributed by atoms with van der Waals surface area (Å²) < 4.78 is 0. The minimum atomic E-state index is -1.20. The van der Waals surface area contributed by atoms with Gasteiger partial charge < -0.3 is 5.32 Å². The second kappa shape index (κ2) is 7.50. The van der Waals surface area contributed by atoms with Gasteiger partial charge in [-0.2, -0.15) is 0 Å². The van der Waals surface area contributed by atoms with Crippen molar-refractivity contribution in [3.8, 4) is 0 Å². The van der Waals surface area contributed by atoms with E-state index in [-0.39, 0.29) is 23.7 Å². The van der Waals surface area contributed by atoms with E-state index < -0.39 is 11.0 Å². The first kappa shape index (κ1) is 22.2. The lowest BCUT2D eigenvalue weighted by atomic mass is 9.58. The summed E-state index contributed by atoms with van der Waals surface area (Å²) in [6.45, 7) is 0. The summed E-state index contributed by atoms with van der Waals surface area (Å²) >= 11 is 21.4. The first-order valence-electron chi connectivity index (χ1n) is 11.4. The van der Waals surface area contributed by atoms with E-state index >= 15 is 0 Å². The Morgan fingerprint density at radius 1 is 0.971 bits per heavy atom. The maximum atomic E-state index is 14.7. The summed E-state index contributed by atoms with van der Waals surface area (Å²) in [6.07, 6.45) is 0.447. The largest absolute Gasteiger partial charge is 0.324 e. The van der Waals surface area contributed by atoms with Crippen LogP contribution in [-0.4, -0.2) is 34.3 Å². The maximum Gasteiger partial charge on any atom is 0.250 e. The number of anilines is 1. The minimum Gasteiger partial charge on any atom is -0.324 e. The van der Waals surface area contributed by atoms with Crippen molar-refractivity contribution in [2.45, 2.75) is 23.9 Å². The molecule has 2 saturated heterocycles. The van der Waals surface area contributed by atoms with Crippen LogP contribution < -0.4 is 5.32 Å². The highest BCUT2D eigenvalue weighted by molar-refractivity contribution is 7.99. The third-order valence-electron chi connectivity index (χ3n) is 8.29. The van der Waals surface area contributed by atoms with Crippen LogP contribution in [0, 0.1) is 5.41 Å². The predicted octanol–water partition coefficient (Wildman–Crippen LogP) is 6.39. The molecule has 3 aromatic carbocycles. The second-order valence-corrected chi connectivity index (χ2v) is 11.9. The molecule has 8 heteroatoms. The second-order valence-electron chi connectivity index (χ2n) is 9.67. The Morgan fingerprint density at radius 3 is 2.54 bits per heavy atom. The molecule has 2 fully saturated rings. The van der Waals surface area contributed by atoms with Crippen molar-refractivity contribution >= 4 is 63.9 Å². The van der Waals surface area contributed by atoms with Gasteiger partial charge in [0.05, 0.1) is 5.41 Å². The van der Waals surface area contributed by atoms with Crippen LogP contribution in [0.25, 0.3) is 0 Å². The molecule has 4 atom stereocenters. The van der Waals surface area contributed by atoms with Gasteiger partial charge in [0.15, 0.2) is 5.78 Å².